The van der Waals surface area contributed by atoms with Crippen molar-refractivity contribution >= 4 is 27.4 Å². The smallest absolute Gasteiger partial charge is 0.351 e. The number of nitrogens with zero attached hydrogens (tertiary/aromatic N) is 5. The summed E-state index contributed by atoms with van der Waals surface area (Å²) in [6.07, 6.45) is -3.15. The van der Waals surface area contributed by atoms with Crippen LogP contribution in [-0.4, -0.2) is 45.2 Å². The summed E-state index contributed by atoms with van der Waals surface area (Å²) in [5.41, 5.74) is -0.648. The Bertz CT molecular complexity index is 1270. The Hall–Kier alpha value is -2.77. The average molecular weight is 505 g/mol. The lowest BCUT2D eigenvalue weighted by molar-refractivity contribution is -0.137. The van der Waals surface area contributed by atoms with Gasteiger partial charge in [-0.15, -0.1) is 10.2 Å². The van der Waals surface area contributed by atoms with Gasteiger partial charge < -0.3 is 9.88 Å². The van der Waals surface area contributed by atoms with Crippen LogP contribution in [0.15, 0.2) is 47.9 Å². The lowest BCUT2D eigenvalue weighted by Crippen LogP contribution is -2.43. The van der Waals surface area contributed by atoms with Crippen LogP contribution in [0.1, 0.15) is 23.5 Å². The van der Waals surface area contributed by atoms with E-state index in [1.54, 1.807) is 7.05 Å². The van der Waals surface area contributed by atoms with E-state index in [0.29, 0.717) is 11.6 Å². The minimum absolute atomic E-state index is 0.0129. The molecule has 0 aliphatic carbocycles. The van der Waals surface area contributed by atoms with E-state index in [9.17, 15) is 26.0 Å². The van der Waals surface area contributed by atoms with Gasteiger partial charge in [0, 0.05) is 25.7 Å². The fourth-order valence-corrected chi connectivity index (χ4v) is 5.45. The van der Waals surface area contributed by atoms with Crippen LogP contribution < -0.4 is 5.32 Å². The van der Waals surface area contributed by atoms with Crippen molar-refractivity contribution in [2.45, 2.75) is 29.7 Å². The normalized spacial score (nSPS) is 19.7. The van der Waals surface area contributed by atoms with Gasteiger partial charge in [-0.05, 0) is 30.2 Å². The van der Waals surface area contributed by atoms with Gasteiger partial charge >= 0.3 is 6.18 Å². The van der Waals surface area contributed by atoms with E-state index in [-0.39, 0.29) is 18.0 Å². The second-order valence-corrected chi connectivity index (χ2v) is 9.68. The van der Waals surface area contributed by atoms with Crippen LogP contribution in [0, 0.1) is 5.82 Å². The third kappa shape index (κ3) is 4.66. The number of alkyl halides is 3. The van der Waals surface area contributed by atoms with Gasteiger partial charge in [0.05, 0.1) is 6.33 Å². The fraction of sp³-hybridized carbons (Fsp3) is 0.316. The molecule has 0 amide bonds. The molecule has 0 radical (unpaired) electrons. The largest absolute Gasteiger partial charge is 0.420 e. The first-order valence-corrected chi connectivity index (χ1v) is 11.4. The van der Waals surface area contributed by atoms with E-state index in [1.165, 1.54) is 41.4 Å². The summed E-state index contributed by atoms with van der Waals surface area (Å²) >= 11 is 5.61. The topological polar surface area (TPSA) is 93.0 Å². The number of aromatic nitrogens is 4. The van der Waals surface area contributed by atoms with Gasteiger partial charge in [-0.1, -0.05) is 23.7 Å². The molecule has 176 valence electrons. The second-order valence-electron chi connectivity index (χ2n) is 7.46. The van der Waals surface area contributed by atoms with Crippen molar-refractivity contribution in [3.8, 4) is 0 Å². The number of sulfonamides is 1. The van der Waals surface area contributed by atoms with Gasteiger partial charge in [0.1, 0.15) is 17.5 Å². The van der Waals surface area contributed by atoms with E-state index in [1.807, 2.05) is 0 Å². The number of halogens is 5. The Morgan fingerprint density at radius 3 is 2.48 bits per heavy atom. The van der Waals surface area contributed by atoms with Crippen LogP contribution in [0.5, 0.6) is 0 Å². The first-order valence-electron chi connectivity index (χ1n) is 9.59. The number of rotatable bonds is 5. The summed E-state index contributed by atoms with van der Waals surface area (Å²) in [7, 11) is -2.59. The lowest BCUT2D eigenvalue weighted by Gasteiger charge is -2.29. The molecule has 1 N–H and O–H groups in total. The molecule has 1 aliphatic rings. The molecule has 1 aliphatic heterocycles. The number of nitrogens with one attached hydrogen (secondary N) is 1. The molecule has 33 heavy (non-hydrogen) atoms. The first-order chi connectivity index (χ1) is 15.5. The molecular weight excluding hydrogens is 488 g/mol. The Balaban J connectivity index is 1.79. The van der Waals surface area contributed by atoms with Crippen molar-refractivity contribution in [3.05, 3.63) is 65.0 Å². The van der Waals surface area contributed by atoms with Gasteiger partial charge in [-0.3, -0.25) is 0 Å². The zero-order valence-electron chi connectivity index (χ0n) is 17.0. The quantitative estimate of drug-likeness (QED) is 0.533. The standard InChI is InChI=1S/C19H17ClF4N6O2S/c1-29-9-16(25-10-29)33(31,32)30-7-6-13(11-2-4-12(21)5-3-11)18(30)26-17-14(19(22,23)24)8-15(20)27-28-17/h2-5,8-10,13,18H,6-7H2,1H3,(H,26,28). The van der Waals surface area contributed by atoms with Crippen molar-refractivity contribution in [1.29, 1.82) is 0 Å². The highest BCUT2D eigenvalue weighted by atomic mass is 35.5. The number of hydrogen-bond donors (Lipinski definition) is 1. The molecule has 2 unspecified atom stereocenters. The van der Waals surface area contributed by atoms with Gasteiger partial charge in [-0.25, -0.2) is 17.8 Å². The minimum Gasteiger partial charge on any atom is -0.351 e. The van der Waals surface area contributed by atoms with Crippen LogP contribution in [0.3, 0.4) is 0 Å². The summed E-state index contributed by atoms with van der Waals surface area (Å²) in [5.74, 6) is -1.78. The zero-order valence-corrected chi connectivity index (χ0v) is 18.5. The predicted octanol–water partition coefficient (Wildman–Crippen LogP) is 3.64. The third-order valence-corrected chi connectivity index (χ3v) is 7.21. The van der Waals surface area contributed by atoms with Crippen molar-refractivity contribution in [3.63, 3.8) is 0 Å². The van der Waals surface area contributed by atoms with E-state index < -0.39 is 50.6 Å². The summed E-state index contributed by atoms with van der Waals surface area (Å²) in [5, 5.41) is 8.89. The van der Waals surface area contributed by atoms with Crippen LogP contribution in [0.25, 0.3) is 0 Å². The average Bonchev–Trinajstić information content (AvgIpc) is 3.36. The number of hydrogen-bond acceptors (Lipinski definition) is 6. The molecule has 0 saturated carbocycles. The van der Waals surface area contributed by atoms with Crippen LogP contribution in [0.2, 0.25) is 5.15 Å². The van der Waals surface area contributed by atoms with Crippen molar-refractivity contribution < 1.29 is 26.0 Å². The van der Waals surface area contributed by atoms with Crippen LogP contribution in [-0.2, 0) is 23.2 Å². The number of imidazole rings is 1. The molecule has 4 rings (SSSR count). The minimum atomic E-state index is -4.82. The van der Waals surface area contributed by atoms with Crippen LogP contribution >= 0.6 is 11.6 Å². The summed E-state index contributed by atoms with van der Waals surface area (Å²) in [4.78, 5) is 3.88. The molecule has 0 bridgehead atoms. The second kappa shape index (κ2) is 8.54. The monoisotopic (exact) mass is 504 g/mol. The Morgan fingerprint density at radius 2 is 1.88 bits per heavy atom. The maximum absolute atomic E-state index is 13.6. The highest BCUT2D eigenvalue weighted by molar-refractivity contribution is 7.89. The molecule has 3 aromatic rings. The Labute approximate surface area is 191 Å². The summed E-state index contributed by atoms with van der Waals surface area (Å²) in [6, 6.07) is 5.93. The molecule has 1 aromatic carbocycles. The Kier molecular flexibility index (Phi) is 6.05. The van der Waals surface area contributed by atoms with Crippen LogP contribution in [0.4, 0.5) is 23.4 Å². The molecule has 1 fully saturated rings. The van der Waals surface area contributed by atoms with Crippen molar-refractivity contribution in [2.75, 3.05) is 11.9 Å². The van der Waals surface area contributed by atoms with Gasteiger partial charge in [-0.2, -0.15) is 17.5 Å². The van der Waals surface area contributed by atoms with E-state index in [2.05, 4.69) is 20.5 Å². The molecular formula is C19H17ClF4N6O2S. The fourth-order valence-electron chi connectivity index (χ4n) is 3.74. The molecule has 0 spiro atoms. The molecule has 2 atom stereocenters. The zero-order chi connectivity index (χ0) is 24.0. The van der Waals surface area contributed by atoms with Crippen molar-refractivity contribution in [1.82, 2.24) is 24.1 Å². The molecule has 2 aromatic heterocycles. The number of aryl methyl sites for hydroxylation is 1. The molecule has 8 nitrogen and oxygen atoms in total. The lowest BCUT2D eigenvalue weighted by atomic mass is 9.95. The van der Waals surface area contributed by atoms with Gasteiger partial charge in [0.25, 0.3) is 10.0 Å². The van der Waals surface area contributed by atoms with Gasteiger partial charge in [0.2, 0.25) is 0 Å². The number of anilines is 1. The van der Waals surface area contributed by atoms with E-state index in [4.69, 9.17) is 11.6 Å². The summed E-state index contributed by atoms with van der Waals surface area (Å²) < 4.78 is 83.3. The molecule has 1 saturated heterocycles. The highest BCUT2D eigenvalue weighted by Crippen LogP contribution is 2.40. The maximum atomic E-state index is 13.6. The summed E-state index contributed by atoms with van der Waals surface area (Å²) in [6.45, 7) is -0.0129. The first kappa shape index (κ1) is 23.4. The SMILES string of the molecule is Cn1cnc(S(=O)(=O)N2CCC(c3ccc(F)cc3)C2Nc2nnc(Cl)cc2C(F)(F)F)c1. The number of benzene rings is 1. The third-order valence-electron chi connectivity index (χ3n) is 5.26. The van der Waals surface area contributed by atoms with Gasteiger partial charge in [0.15, 0.2) is 16.0 Å². The van der Waals surface area contributed by atoms with E-state index in [0.717, 1.165) is 4.31 Å². The predicted molar refractivity (Wildman–Crippen MR) is 110 cm³/mol. The van der Waals surface area contributed by atoms with E-state index >= 15 is 0 Å². The Morgan fingerprint density at radius 1 is 1.18 bits per heavy atom. The molecule has 14 heteroatoms. The maximum Gasteiger partial charge on any atom is 0.420 e. The highest BCUT2D eigenvalue weighted by Gasteiger charge is 2.45. The van der Waals surface area contributed by atoms with Crippen molar-refractivity contribution in [2.24, 2.45) is 7.05 Å². The molecule has 3 heterocycles.